The molecule has 0 aliphatic carbocycles. The summed E-state index contributed by atoms with van der Waals surface area (Å²) in [5.41, 5.74) is 0. The predicted molar refractivity (Wildman–Crippen MR) is 355 cm³/mol. The molecular weight excluding hydrogens is 1100 g/mol. The number of carbonyl (C=O) groups excluding carboxylic acids is 1. The number of nitrogens with one attached hydrogen (secondary N) is 1. The van der Waals surface area contributed by atoms with E-state index in [9.17, 15) is 45.6 Å². The highest BCUT2D eigenvalue weighted by Gasteiger charge is 2.51. The van der Waals surface area contributed by atoms with Gasteiger partial charge in [0.25, 0.3) is 0 Å². The largest absolute Gasteiger partial charge is 0.394 e. The zero-order chi connectivity index (χ0) is 63.1. The number of aliphatic hydroxyl groups is 8. The maximum atomic E-state index is 13.3. The number of unbranched alkanes of at least 4 members (excludes halogenated alkanes) is 41. The highest BCUT2D eigenvalue weighted by atomic mass is 16.7. The van der Waals surface area contributed by atoms with Crippen LogP contribution in [0.25, 0.3) is 0 Å². The number of hydrogen-bond donors (Lipinski definition) is 9. The lowest BCUT2D eigenvalue weighted by Crippen LogP contribution is -2.65. The zero-order valence-electron chi connectivity index (χ0n) is 55.5. The summed E-state index contributed by atoms with van der Waals surface area (Å²) in [5, 5.41) is 87.3. The van der Waals surface area contributed by atoms with Gasteiger partial charge in [0.1, 0.15) is 48.8 Å². The molecule has 0 aromatic carbocycles. The molecule has 12 unspecified atom stereocenters. The average molecular weight is 1230 g/mol. The first-order chi connectivity index (χ1) is 42.6. The lowest BCUT2D eigenvalue weighted by molar-refractivity contribution is -0.359. The molecule has 9 N–H and O–H groups in total. The maximum Gasteiger partial charge on any atom is 0.220 e. The Morgan fingerprint density at radius 3 is 1.13 bits per heavy atom. The van der Waals surface area contributed by atoms with Crippen molar-refractivity contribution in [1.29, 1.82) is 0 Å². The average Bonchev–Trinajstić information content (AvgIpc) is 1.60. The number of ether oxygens (including phenoxy) is 4. The quantitative estimate of drug-likeness (QED) is 0.0204. The number of rotatable bonds is 60. The van der Waals surface area contributed by atoms with Crippen LogP contribution in [0.2, 0.25) is 0 Å². The standard InChI is InChI=1S/C73H135NO13/c1-3-5-7-9-11-13-15-17-19-21-22-23-24-25-26-27-28-29-30-31-32-33-34-35-36-37-38-39-40-41-43-45-47-49-51-53-55-57-65(78)74-61(62(77)56-54-52-50-48-46-44-42-20-18-16-14-12-10-8-6-4-2)60-84-72-70(83)68(81)71(64(59-76)86-72)87-73-69(82)67(80)66(79)63(58-75)85-73/h18,20-22,46,48,54,56,61-64,66-73,75-77,79-83H,3-17,19,23-45,47,49-53,55,57-60H2,1-2H3,(H,74,78)/b20-18+,22-21-,48-46+,56-54+. The van der Waals surface area contributed by atoms with E-state index >= 15 is 0 Å². The van der Waals surface area contributed by atoms with Crippen molar-refractivity contribution in [2.75, 3.05) is 19.8 Å². The van der Waals surface area contributed by atoms with Gasteiger partial charge in [-0.15, -0.1) is 0 Å². The van der Waals surface area contributed by atoms with E-state index in [4.69, 9.17) is 18.9 Å². The van der Waals surface area contributed by atoms with E-state index in [1.807, 2.05) is 6.08 Å². The first-order valence-corrected chi connectivity index (χ1v) is 36.4. The fourth-order valence-corrected chi connectivity index (χ4v) is 11.9. The number of hydrogen-bond acceptors (Lipinski definition) is 13. The number of aliphatic hydroxyl groups excluding tert-OH is 8. The van der Waals surface area contributed by atoms with Crippen molar-refractivity contribution >= 4 is 5.91 Å². The third-order valence-electron chi connectivity index (χ3n) is 17.7. The molecule has 87 heavy (non-hydrogen) atoms. The summed E-state index contributed by atoms with van der Waals surface area (Å²) in [4.78, 5) is 13.3. The van der Waals surface area contributed by atoms with Crippen molar-refractivity contribution in [1.82, 2.24) is 5.32 Å². The van der Waals surface area contributed by atoms with Gasteiger partial charge in [-0.25, -0.2) is 0 Å². The van der Waals surface area contributed by atoms with Crippen LogP contribution in [0.5, 0.6) is 0 Å². The van der Waals surface area contributed by atoms with Crippen molar-refractivity contribution in [3.63, 3.8) is 0 Å². The Kier molecular flexibility index (Phi) is 53.9. The van der Waals surface area contributed by atoms with Gasteiger partial charge in [0.15, 0.2) is 12.6 Å². The van der Waals surface area contributed by atoms with Crippen LogP contribution in [-0.4, -0.2) is 140 Å². The summed E-state index contributed by atoms with van der Waals surface area (Å²) < 4.78 is 22.8. The van der Waals surface area contributed by atoms with Gasteiger partial charge in [-0.05, 0) is 70.6 Å². The minimum atomic E-state index is -1.79. The first-order valence-electron chi connectivity index (χ1n) is 36.4. The van der Waals surface area contributed by atoms with Crippen molar-refractivity contribution in [3.8, 4) is 0 Å². The van der Waals surface area contributed by atoms with Crippen molar-refractivity contribution in [2.24, 2.45) is 0 Å². The van der Waals surface area contributed by atoms with Crippen LogP contribution < -0.4 is 5.32 Å². The monoisotopic (exact) mass is 1230 g/mol. The highest BCUT2D eigenvalue weighted by Crippen LogP contribution is 2.30. The van der Waals surface area contributed by atoms with E-state index < -0.39 is 86.8 Å². The van der Waals surface area contributed by atoms with Crippen LogP contribution in [0.3, 0.4) is 0 Å². The fraction of sp³-hybridized carbons (Fsp3) is 0.877. The fourth-order valence-electron chi connectivity index (χ4n) is 11.9. The molecule has 2 aliphatic rings. The third kappa shape index (κ3) is 41.9. The molecule has 2 saturated heterocycles. The molecule has 0 radical (unpaired) electrons. The van der Waals surface area contributed by atoms with Crippen LogP contribution in [-0.2, 0) is 23.7 Å². The maximum absolute atomic E-state index is 13.3. The molecule has 2 rings (SSSR count). The number of amides is 1. The van der Waals surface area contributed by atoms with E-state index in [1.54, 1.807) is 6.08 Å². The lowest BCUT2D eigenvalue weighted by Gasteiger charge is -2.46. The summed E-state index contributed by atoms with van der Waals surface area (Å²) in [6.45, 7) is 2.79. The molecule has 2 fully saturated rings. The summed E-state index contributed by atoms with van der Waals surface area (Å²) in [5.74, 6) is -0.249. The molecule has 510 valence electrons. The Labute approximate surface area is 531 Å². The molecule has 14 nitrogen and oxygen atoms in total. The van der Waals surface area contributed by atoms with E-state index in [0.717, 1.165) is 44.9 Å². The summed E-state index contributed by atoms with van der Waals surface area (Å²) >= 11 is 0. The van der Waals surface area contributed by atoms with E-state index in [2.05, 4.69) is 55.6 Å². The van der Waals surface area contributed by atoms with Gasteiger partial charge in [0, 0.05) is 6.42 Å². The highest BCUT2D eigenvalue weighted by molar-refractivity contribution is 5.76. The molecule has 0 bridgehead atoms. The Balaban J connectivity index is 1.59. The van der Waals surface area contributed by atoms with Crippen LogP contribution in [0.15, 0.2) is 48.6 Å². The Morgan fingerprint density at radius 2 is 0.736 bits per heavy atom. The second kappa shape index (κ2) is 57.8. The SMILES string of the molecule is CCCCCCCC/C=C/CC/C=C/CC/C=C/C(O)C(COC1OC(CO)C(OC2OC(CO)C(O)C(O)C2O)C(O)C1O)NC(=O)CCCCCCCCCCCCCCCCCCCCCCCCCCC/C=C\CCCCCCCCCC. The molecule has 1 amide bonds. The van der Waals surface area contributed by atoms with E-state index in [1.165, 1.54) is 238 Å². The Hall–Kier alpha value is -2.05. The first kappa shape index (κ1) is 81.0. The van der Waals surface area contributed by atoms with Crippen LogP contribution >= 0.6 is 0 Å². The van der Waals surface area contributed by atoms with Gasteiger partial charge in [-0.2, -0.15) is 0 Å². The van der Waals surface area contributed by atoms with Gasteiger partial charge in [0.05, 0.1) is 32.0 Å². The normalized spacial score (nSPS) is 23.5. The molecule has 0 aromatic heterocycles. The van der Waals surface area contributed by atoms with Gasteiger partial charge in [0.2, 0.25) is 5.91 Å². The second-order valence-corrected chi connectivity index (χ2v) is 25.7. The molecule has 0 spiro atoms. The molecule has 2 aliphatic heterocycles. The Bertz CT molecular complexity index is 1640. The molecule has 0 aromatic rings. The minimum Gasteiger partial charge on any atom is -0.394 e. The lowest BCUT2D eigenvalue weighted by atomic mass is 9.97. The predicted octanol–water partition coefficient (Wildman–Crippen LogP) is 15.1. The smallest absolute Gasteiger partial charge is 0.220 e. The third-order valence-corrected chi connectivity index (χ3v) is 17.7. The van der Waals surface area contributed by atoms with Gasteiger partial charge < -0.3 is 65.1 Å². The van der Waals surface area contributed by atoms with Crippen LogP contribution in [0.1, 0.15) is 316 Å². The molecule has 0 saturated carbocycles. The van der Waals surface area contributed by atoms with Gasteiger partial charge in [-0.1, -0.05) is 287 Å². The van der Waals surface area contributed by atoms with E-state index in [-0.39, 0.29) is 18.9 Å². The van der Waals surface area contributed by atoms with Crippen LogP contribution in [0.4, 0.5) is 0 Å². The van der Waals surface area contributed by atoms with Gasteiger partial charge in [-0.3, -0.25) is 4.79 Å². The summed E-state index contributed by atoms with van der Waals surface area (Å²) in [6.07, 6.45) is 59.2. The van der Waals surface area contributed by atoms with Gasteiger partial charge >= 0.3 is 0 Å². The molecule has 12 atom stereocenters. The topological polar surface area (TPSA) is 228 Å². The second-order valence-electron chi connectivity index (χ2n) is 25.7. The van der Waals surface area contributed by atoms with Crippen molar-refractivity contribution in [2.45, 2.75) is 389 Å². The Morgan fingerprint density at radius 1 is 0.402 bits per heavy atom. The molecule has 2 heterocycles. The van der Waals surface area contributed by atoms with Crippen LogP contribution in [0, 0.1) is 0 Å². The molecular formula is C73H135NO13. The van der Waals surface area contributed by atoms with E-state index in [0.29, 0.717) is 12.8 Å². The summed E-state index contributed by atoms with van der Waals surface area (Å²) in [7, 11) is 0. The zero-order valence-corrected chi connectivity index (χ0v) is 55.5. The number of allylic oxidation sites excluding steroid dienone is 7. The molecule has 14 heteroatoms. The summed E-state index contributed by atoms with van der Waals surface area (Å²) in [6, 6.07) is -0.937. The number of carbonyl (C=O) groups is 1. The minimum absolute atomic E-state index is 0.249. The van der Waals surface area contributed by atoms with Crippen molar-refractivity contribution < 1.29 is 64.6 Å². The van der Waals surface area contributed by atoms with Crippen molar-refractivity contribution in [3.05, 3.63) is 48.6 Å².